The number of hydrogen-bond donors (Lipinski definition) is 3. The molecule has 0 unspecified atom stereocenters. The Morgan fingerprint density at radius 3 is 2.60 bits per heavy atom. The second-order valence-corrected chi connectivity index (χ2v) is 4.75. The molecule has 102 valence electrons. The predicted molar refractivity (Wildman–Crippen MR) is 86.0 cm³/mol. The summed E-state index contributed by atoms with van der Waals surface area (Å²) in [4.78, 5) is 0. The number of anilines is 1. The van der Waals surface area contributed by atoms with Gasteiger partial charge < -0.3 is 11.1 Å². The third-order valence-electron chi connectivity index (χ3n) is 2.96. The van der Waals surface area contributed by atoms with E-state index < -0.39 is 0 Å². The summed E-state index contributed by atoms with van der Waals surface area (Å²) in [6, 6.07) is 17.8. The summed E-state index contributed by atoms with van der Waals surface area (Å²) in [5, 5.41) is 10.8. The lowest BCUT2D eigenvalue weighted by Crippen LogP contribution is -2.10. The Bertz CT molecular complexity index is 615. The summed E-state index contributed by atoms with van der Waals surface area (Å²) in [6.07, 6.45) is 2.10. The lowest BCUT2D eigenvalue weighted by molar-refractivity contribution is 1.22. The Labute approximate surface area is 119 Å². The molecule has 0 saturated carbocycles. The van der Waals surface area contributed by atoms with Crippen LogP contribution in [0.1, 0.15) is 18.1 Å². The Morgan fingerprint density at radius 1 is 1.15 bits per heavy atom. The first-order valence-electron chi connectivity index (χ1n) is 6.56. The fraction of sp³-hybridized carbons (Fsp3) is 0.118. The van der Waals surface area contributed by atoms with Crippen molar-refractivity contribution in [3.63, 3.8) is 0 Å². The van der Waals surface area contributed by atoms with Gasteiger partial charge in [0.25, 0.3) is 0 Å². The van der Waals surface area contributed by atoms with Crippen LogP contribution in [0.4, 0.5) is 5.69 Å². The number of hydrogen-bond acceptors (Lipinski definition) is 2. The number of nitrogens with two attached hydrogens (primary N) is 1. The van der Waals surface area contributed by atoms with Gasteiger partial charge in [-0.05, 0) is 30.7 Å². The van der Waals surface area contributed by atoms with Gasteiger partial charge in [-0.1, -0.05) is 48.0 Å². The van der Waals surface area contributed by atoms with E-state index in [-0.39, 0.29) is 5.84 Å². The Kier molecular flexibility index (Phi) is 4.56. The summed E-state index contributed by atoms with van der Waals surface area (Å²) in [6.45, 7) is 2.87. The molecule has 0 aliphatic carbocycles. The number of benzene rings is 2. The molecule has 0 atom stereocenters. The Hall–Kier alpha value is -2.55. The van der Waals surface area contributed by atoms with Crippen molar-refractivity contribution in [2.45, 2.75) is 6.92 Å². The average Bonchev–Trinajstić information content (AvgIpc) is 2.46. The zero-order valence-electron chi connectivity index (χ0n) is 11.6. The highest BCUT2D eigenvalue weighted by molar-refractivity contribution is 5.95. The molecule has 0 aromatic heterocycles. The maximum absolute atomic E-state index is 7.45. The second kappa shape index (κ2) is 6.57. The molecule has 4 N–H and O–H groups in total. The maximum atomic E-state index is 7.45. The quantitative estimate of drug-likeness (QED) is 0.572. The van der Waals surface area contributed by atoms with Crippen molar-refractivity contribution in [1.82, 2.24) is 0 Å². The normalized spacial score (nSPS) is 11.2. The van der Waals surface area contributed by atoms with Gasteiger partial charge in [0.15, 0.2) is 0 Å². The monoisotopic (exact) mass is 265 g/mol. The summed E-state index contributed by atoms with van der Waals surface area (Å²) in [5.41, 5.74) is 9.64. The second-order valence-electron chi connectivity index (χ2n) is 4.75. The lowest BCUT2D eigenvalue weighted by atomic mass is 10.1. The van der Waals surface area contributed by atoms with Crippen molar-refractivity contribution in [2.24, 2.45) is 5.73 Å². The zero-order valence-corrected chi connectivity index (χ0v) is 11.6. The molecule has 0 aliphatic heterocycles. The van der Waals surface area contributed by atoms with Crippen molar-refractivity contribution < 1.29 is 0 Å². The predicted octanol–water partition coefficient (Wildman–Crippen LogP) is 3.49. The molecule has 3 nitrogen and oxygen atoms in total. The van der Waals surface area contributed by atoms with Crippen molar-refractivity contribution >= 4 is 17.6 Å². The molecule has 0 aliphatic rings. The van der Waals surface area contributed by atoms with Gasteiger partial charge in [0.1, 0.15) is 5.84 Å². The van der Waals surface area contributed by atoms with Crippen LogP contribution in [0.5, 0.6) is 0 Å². The molecular weight excluding hydrogens is 246 g/mol. The van der Waals surface area contributed by atoms with Crippen LogP contribution >= 0.6 is 0 Å². The van der Waals surface area contributed by atoms with E-state index in [1.807, 2.05) is 54.6 Å². The van der Waals surface area contributed by atoms with E-state index in [2.05, 4.69) is 18.3 Å². The van der Waals surface area contributed by atoms with E-state index in [9.17, 15) is 0 Å². The molecule has 20 heavy (non-hydrogen) atoms. The molecule has 2 aromatic rings. The minimum Gasteiger partial charge on any atom is -0.384 e. The van der Waals surface area contributed by atoms with Crippen molar-refractivity contribution in [3.8, 4) is 0 Å². The van der Waals surface area contributed by atoms with Gasteiger partial charge in [-0.3, -0.25) is 5.41 Å². The smallest absolute Gasteiger partial charge is 0.122 e. The van der Waals surface area contributed by atoms with E-state index in [1.165, 1.54) is 5.57 Å². The first kappa shape index (κ1) is 13.9. The van der Waals surface area contributed by atoms with Crippen LogP contribution in [-0.2, 0) is 0 Å². The first-order valence-corrected chi connectivity index (χ1v) is 6.56. The van der Waals surface area contributed by atoms with Gasteiger partial charge in [0.05, 0.1) is 0 Å². The number of rotatable bonds is 5. The Balaban J connectivity index is 2.03. The van der Waals surface area contributed by atoms with Crippen LogP contribution in [0.2, 0.25) is 0 Å². The topological polar surface area (TPSA) is 61.9 Å². The standard InChI is InChI=1S/C17H19N3/c1-13(12-20-16-8-3-2-4-9-16)10-14-6-5-7-15(11-14)17(18)19/h2-11,20H,12H2,1H3,(H3,18,19). The van der Waals surface area contributed by atoms with Gasteiger partial charge in [0, 0.05) is 17.8 Å². The van der Waals surface area contributed by atoms with Crippen molar-refractivity contribution in [1.29, 1.82) is 5.41 Å². The molecule has 0 saturated heterocycles. The SMILES string of the molecule is CC(=Cc1cccc(C(=N)N)c1)CNc1ccccc1. The summed E-state index contributed by atoms with van der Waals surface area (Å²) >= 11 is 0. The third-order valence-corrected chi connectivity index (χ3v) is 2.96. The van der Waals surface area contributed by atoms with Gasteiger partial charge in [-0.25, -0.2) is 0 Å². The average molecular weight is 265 g/mol. The number of para-hydroxylation sites is 1. The highest BCUT2D eigenvalue weighted by Gasteiger charge is 1.97. The van der Waals surface area contributed by atoms with Crippen LogP contribution in [0.3, 0.4) is 0 Å². The number of nitrogen functional groups attached to an aromatic ring is 1. The van der Waals surface area contributed by atoms with Crippen LogP contribution in [0, 0.1) is 5.41 Å². The Morgan fingerprint density at radius 2 is 1.90 bits per heavy atom. The molecule has 0 radical (unpaired) electrons. The fourth-order valence-corrected chi connectivity index (χ4v) is 1.93. The van der Waals surface area contributed by atoms with Gasteiger partial charge in [-0.15, -0.1) is 0 Å². The number of amidine groups is 1. The molecule has 0 fully saturated rings. The van der Waals surface area contributed by atoms with Crippen LogP contribution < -0.4 is 11.1 Å². The van der Waals surface area contributed by atoms with Gasteiger partial charge in [-0.2, -0.15) is 0 Å². The van der Waals surface area contributed by atoms with E-state index >= 15 is 0 Å². The van der Waals surface area contributed by atoms with Crippen LogP contribution in [0.25, 0.3) is 6.08 Å². The summed E-state index contributed by atoms with van der Waals surface area (Å²) in [5.74, 6) is 0.0975. The largest absolute Gasteiger partial charge is 0.384 e. The van der Waals surface area contributed by atoms with Crippen LogP contribution in [-0.4, -0.2) is 12.4 Å². The number of nitrogens with one attached hydrogen (secondary N) is 2. The summed E-state index contributed by atoms with van der Waals surface area (Å²) in [7, 11) is 0. The first-order chi connectivity index (χ1) is 9.65. The van der Waals surface area contributed by atoms with E-state index in [0.29, 0.717) is 0 Å². The molecule has 0 spiro atoms. The maximum Gasteiger partial charge on any atom is 0.122 e. The highest BCUT2D eigenvalue weighted by Crippen LogP contribution is 2.11. The van der Waals surface area contributed by atoms with E-state index in [0.717, 1.165) is 23.4 Å². The third kappa shape index (κ3) is 3.99. The van der Waals surface area contributed by atoms with Crippen molar-refractivity contribution in [2.75, 3.05) is 11.9 Å². The molecular formula is C17H19N3. The highest BCUT2D eigenvalue weighted by atomic mass is 14.9. The molecule has 3 heteroatoms. The fourth-order valence-electron chi connectivity index (χ4n) is 1.93. The molecule has 2 rings (SSSR count). The van der Waals surface area contributed by atoms with Gasteiger partial charge in [0.2, 0.25) is 0 Å². The molecule has 0 amide bonds. The van der Waals surface area contributed by atoms with Crippen LogP contribution in [0.15, 0.2) is 60.2 Å². The summed E-state index contributed by atoms with van der Waals surface area (Å²) < 4.78 is 0. The molecule has 0 bridgehead atoms. The zero-order chi connectivity index (χ0) is 14.4. The van der Waals surface area contributed by atoms with Crippen molar-refractivity contribution in [3.05, 3.63) is 71.3 Å². The van der Waals surface area contributed by atoms with Gasteiger partial charge >= 0.3 is 0 Å². The molecule has 0 heterocycles. The van der Waals surface area contributed by atoms with E-state index in [4.69, 9.17) is 11.1 Å². The van der Waals surface area contributed by atoms with E-state index in [1.54, 1.807) is 0 Å². The minimum atomic E-state index is 0.0975. The lowest BCUT2D eigenvalue weighted by Gasteiger charge is -2.07. The minimum absolute atomic E-state index is 0.0975. The molecule has 2 aromatic carbocycles.